The molecule has 0 aliphatic rings. The number of anilines is 3. The Morgan fingerprint density at radius 3 is 2.29 bits per heavy atom. The number of rotatable bonds is 5. The number of halogens is 6. The Morgan fingerprint density at radius 1 is 0.903 bits per heavy atom. The van der Waals surface area contributed by atoms with Gasteiger partial charge in [-0.1, -0.05) is 18.2 Å². The van der Waals surface area contributed by atoms with Crippen LogP contribution in [0.1, 0.15) is 11.1 Å². The summed E-state index contributed by atoms with van der Waals surface area (Å²) in [7, 11) is 1.53. The van der Waals surface area contributed by atoms with Crippen molar-refractivity contribution in [2.75, 3.05) is 17.7 Å². The van der Waals surface area contributed by atoms with Gasteiger partial charge in [-0.2, -0.15) is 18.2 Å². The van der Waals surface area contributed by atoms with Crippen molar-refractivity contribution in [1.29, 1.82) is 0 Å². The van der Waals surface area contributed by atoms with Gasteiger partial charge in [0, 0.05) is 24.4 Å². The first-order chi connectivity index (χ1) is 14.4. The molecule has 5 nitrogen and oxygen atoms in total. The highest BCUT2D eigenvalue weighted by Crippen LogP contribution is 2.34. The molecule has 0 radical (unpaired) electrons. The molecule has 0 aliphatic carbocycles. The molecule has 2 N–H and O–H groups in total. The minimum atomic E-state index is -4.85. The first-order valence-electron chi connectivity index (χ1n) is 8.82. The fourth-order valence-electron chi connectivity index (χ4n) is 2.69. The van der Waals surface area contributed by atoms with Crippen molar-refractivity contribution >= 4 is 17.5 Å². The van der Waals surface area contributed by atoms with Crippen LogP contribution in [0, 0.1) is 6.92 Å². The predicted octanol–water partition coefficient (Wildman–Crippen LogP) is 6.15. The molecule has 0 aliphatic heterocycles. The fraction of sp³-hybridized carbons (Fsp3) is 0.200. The molecule has 0 unspecified atom stereocenters. The van der Waals surface area contributed by atoms with Gasteiger partial charge >= 0.3 is 12.5 Å². The number of alkyl halides is 6. The summed E-state index contributed by atoms with van der Waals surface area (Å²) in [5, 5.41) is 5.53. The van der Waals surface area contributed by atoms with Crippen molar-refractivity contribution in [2.45, 2.75) is 19.5 Å². The normalized spacial score (nSPS) is 11.9. The summed E-state index contributed by atoms with van der Waals surface area (Å²) in [5.41, 5.74) is 0.416. The highest BCUT2D eigenvalue weighted by atomic mass is 19.4. The van der Waals surface area contributed by atoms with Gasteiger partial charge in [0.25, 0.3) is 0 Å². The summed E-state index contributed by atoms with van der Waals surface area (Å²) >= 11 is 0. The van der Waals surface area contributed by atoms with Crippen molar-refractivity contribution in [2.24, 2.45) is 0 Å². The van der Waals surface area contributed by atoms with E-state index in [-0.39, 0.29) is 23.1 Å². The zero-order valence-electron chi connectivity index (χ0n) is 16.2. The molecule has 0 fully saturated rings. The number of nitrogens with one attached hydrogen (secondary N) is 2. The highest BCUT2D eigenvalue weighted by molar-refractivity contribution is 5.69. The van der Waals surface area contributed by atoms with Gasteiger partial charge in [-0.15, -0.1) is 13.2 Å². The highest BCUT2D eigenvalue weighted by Gasteiger charge is 2.31. The second-order valence-corrected chi connectivity index (χ2v) is 6.44. The molecule has 0 bridgehead atoms. The third-order valence-electron chi connectivity index (χ3n) is 4.14. The number of ether oxygens (including phenoxy) is 1. The van der Waals surface area contributed by atoms with E-state index >= 15 is 0 Å². The summed E-state index contributed by atoms with van der Waals surface area (Å²) in [5.74, 6) is -0.163. The van der Waals surface area contributed by atoms with E-state index in [0.717, 1.165) is 24.3 Å². The molecular weight excluding hydrogens is 426 g/mol. The topological polar surface area (TPSA) is 59.1 Å². The van der Waals surface area contributed by atoms with Gasteiger partial charge in [0.2, 0.25) is 5.95 Å². The van der Waals surface area contributed by atoms with Crippen LogP contribution in [0.25, 0.3) is 11.3 Å². The summed E-state index contributed by atoms with van der Waals surface area (Å²) in [6.07, 6.45) is -9.37. The Kier molecular flexibility index (Phi) is 5.96. The molecule has 0 saturated heterocycles. The predicted molar refractivity (Wildman–Crippen MR) is 103 cm³/mol. The quantitative estimate of drug-likeness (QED) is 0.464. The molecule has 31 heavy (non-hydrogen) atoms. The average molecular weight is 442 g/mol. The average Bonchev–Trinajstić information content (AvgIpc) is 2.67. The Balaban J connectivity index is 1.98. The van der Waals surface area contributed by atoms with E-state index in [2.05, 4.69) is 25.3 Å². The van der Waals surface area contributed by atoms with Crippen molar-refractivity contribution in [1.82, 2.24) is 9.97 Å². The van der Waals surface area contributed by atoms with Crippen LogP contribution in [0.5, 0.6) is 5.75 Å². The van der Waals surface area contributed by atoms with E-state index in [1.165, 1.54) is 31.3 Å². The number of hydrogen-bond donors (Lipinski definition) is 2. The van der Waals surface area contributed by atoms with Crippen LogP contribution >= 0.6 is 0 Å². The zero-order chi connectivity index (χ0) is 22.8. The van der Waals surface area contributed by atoms with Crippen LogP contribution in [-0.4, -0.2) is 23.4 Å². The third kappa shape index (κ3) is 5.77. The van der Waals surface area contributed by atoms with E-state index < -0.39 is 23.9 Å². The summed E-state index contributed by atoms with van der Waals surface area (Å²) < 4.78 is 80.6. The lowest BCUT2D eigenvalue weighted by Gasteiger charge is -2.15. The molecule has 11 heteroatoms. The van der Waals surface area contributed by atoms with Crippen LogP contribution in [-0.2, 0) is 6.18 Å². The Morgan fingerprint density at radius 2 is 1.65 bits per heavy atom. The number of nitrogens with zero attached hydrogens (tertiary/aromatic N) is 2. The summed E-state index contributed by atoms with van der Waals surface area (Å²) in [4.78, 5) is 8.36. The van der Waals surface area contributed by atoms with Gasteiger partial charge in [-0.3, -0.25) is 0 Å². The van der Waals surface area contributed by atoms with Crippen LogP contribution in [0.15, 0.2) is 48.5 Å². The molecule has 1 heterocycles. The Labute approximate surface area is 173 Å². The van der Waals surface area contributed by atoms with Gasteiger partial charge in [0.15, 0.2) is 0 Å². The number of aromatic nitrogens is 2. The smallest absolute Gasteiger partial charge is 0.406 e. The molecule has 164 valence electrons. The van der Waals surface area contributed by atoms with Crippen LogP contribution in [0.3, 0.4) is 0 Å². The number of hydrogen-bond acceptors (Lipinski definition) is 5. The van der Waals surface area contributed by atoms with Gasteiger partial charge in [0.05, 0.1) is 11.3 Å². The first kappa shape index (κ1) is 22.2. The third-order valence-corrected chi connectivity index (χ3v) is 4.14. The van der Waals surface area contributed by atoms with E-state index in [0.29, 0.717) is 11.1 Å². The van der Waals surface area contributed by atoms with Crippen LogP contribution in [0.4, 0.5) is 43.8 Å². The lowest BCUT2D eigenvalue weighted by molar-refractivity contribution is -0.274. The van der Waals surface area contributed by atoms with E-state index in [9.17, 15) is 26.3 Å². The minimum absolute atomic E-state index is 0.117. The van der Waals surface area contributed by atoms with Crippen molar-refractivity contribution < 1.29 is 31.1 Å². The van der Waals surface area contributed by atoms with Crippen molar-refractivity contribution in [3.63, 3.8) is 0 Å². The lowest BCUT2D eigenvalue weighted by Crippen LogP contribution is -2.17. The van der Waals surface area contributed by atoms with Gasteiger partial charge in [-0.25, -0.2) is 4.98 Å². The maximum absolute atomic E-state index is 13.0. The molecule has 0 atom stereocenters. The lowest BCUT2D eigenvalue weighted by atomic mass is 10.1. The Bertz CT molecular complexity index is 1080. The summed E-state index contributed by atoms with van der Waals surface area (Å²) in [6, 6.07) is 9.82. The van der Waals surface area contributed by atoms with Crippen LogP contribution in [0.2, 0.25) is 0 Å². The second-order valence-electron chi connectivity index (χ2n) is 6.44. The largest absolute Gasteiger partial charge is 0.573 e. The molecule has 0 saturated carbocycles. The van der Waals surface area contributed by atoms with Gasteiger partial charge in [-0.05, 0) is 36.8 Å². The SMILES string of the molecule is CNc1nc(Nc2cc(C(F)(F)F)ccc2C)cc(-c2cccc(OC(F)(F)F)c2)n1. The van der Waals surface area contributed by atoms with E-state index in [1.54, 1.807) is 6.92 Å². The monoisotopic (exact) mass is 442 g/mol. The molecule has 3 rings (SSSR count). The van der Waals surface area contributed by atoms with Gasteiger partial charge in [0.1, 0.15) is 11.6 Å². The minimum Gasteiger partial charge on any atom is -0.406 e. The van der Waals surface area contributed by atoms with E-state index in [1.807, 2.05) is 0 Å². The maximum atomic E-state index is 13.0. The molecule has 1 aromatic heterocycles. The molecular formula is C20H16F6N4O. The van der Waals surface area contributed by atoms with Crippen molar-refractivity contribution in [3.05, 3.63) is 59.7 Å². The molecule has 3 aromatic rings. The Hall–Kier alpha value is -3.50. The number of benzene rings is 2. The van der Waals surface area contributed by atoms with Crippen LogP contribution < -0.4 is 15.4 Å². The molecule has 2 aromatic carbocycles. The maximum Gasteiger partial charge on any atom is 0.573 e. The molecule has 0 amide bonds. The fourth-order valence-corrected chi connectivity index (χ4v) is 2.69. The molecule has 0 spiro atoms. The first-order valence-corrected chi connectivity index (χ1v) is 8.82. The van der Waals surface area contributed by atoms with E-state index in [4.69, 9.17) is 0 Å². The van der Waals surface area contributed by atoms with Gasteiger partial charge < -0.3 is 15.4 Å². The summed E-state index contributed by atoms with van der Waals surface area (Å²) in [6.45, 7) is 1.63. The standard InChI is InChI=1S/C20H16F6N4O/c1-11-6-7-13(19(21,22)23)9-15(11)28-17-10-16(29-18(27-2)30-17)12-4-3-5-14(8-12)31-20(24,25)26/h3-10H,1-2H3,(H2,27,28,29,30). The zero-order valence-corrected chi connectivity index (χ0v) is 16.2. The van der Waals surface area contributed by atoms with Crippen molar-refractivity contribution in [3.8, 4) is 17.0 Å². The number of aryl methyl sites for hydroxylation is 1. The second kappa shape index (κ2) is 8.32.